The van der Waals surface area contributed by atoms with Gasteiger partial charge in [0.05, 0.1) is 12.1 Å². The van der Waals surface area contributed by atoms with Crippen molar-refractivity contribution < 1.29 is 14.7 Å². The lowest BCUT2D eigenvalue weighted by Crippen LogP contribution is -2.36. The number of halogens is 1. The van der Waals surface area contributed by atoms with Crippen molar-refractivity contribution in [2.24, 2.45) is 0 Å². The van der Waals surface area contributed by atoms with E-state index in [1.807, 2.05) is 36.4 Å². The largest absolute Gasteiger partial charge is 0.376 e. The molecule has 1 unspecified atom stereocenters. The number of para-hydroxylation sites is 1. The molecule has 4 nitrogen and oxygen atoms in total. The van der Waals surface area contributed by atoms with Crippen molar-refractivity contribution in [3.05, 3.63) is 136 Å². The van der Waals surface area contributed by atoms with Crippen LogP contribution in [0.25, 0.3) is 0 Å². The predicted molar refractivity (Wildman–Crippen MR) is 141 cm³/mol. The van der Waals surface area contributed by atoms with Crippen molar-refractivity contribution in [1.82, 2.24) is 0 Å². The standard InChI is InChI=1S/C30H22BrNO3/c31-25-14-9-13-24(20-25)28(33)19-18-22-10-7-8-17-27(22)30(35)32(26-15-5-2-6-16-26)21-29(34)23-11-3-1-4-12-23/h1-17,20,28,33H,21H2. The Morgan fingerprint density at radius 2 is 1.49 bits per heavy atom. The Labute approximate surface area is 213 Å². The number of anilines is 1. The minimum atomic E-state index is -1.01. The summed E-state index contributed by atoms with van der Waals surface area (Å²) in [4.78, 5) is 28.2. The van der Waals surface area contributed by atoms with Crippen LogP contribution < -0.4 is 4.90 Å². The Balaban J connectivity index is 1.66. The molecule has 1 N–H and O–H groups in total. The second-order valence-corrected chi connectivity index (χ2v) is 8.70. The molecule has 0 radical (unpaired) electrons. The lowest BCUT2D eigenvalue weighted by molar-refractivity contribution is 0.0936. The second-order valence-electron chi connectivity index (χ2n) is 7.79. The van der Waals surface area contributed by atoms with Crippen LogP contribution in [0.5, 0.6) is 0 Å². The van der Waals surface area contributed by atoms with Crippen LogP contribution in [0.15, 0.2) is 114 Å². The van der Waals surface area contributed by atoms with Crippen molar-refractivity contribution >= 4 is 33.3 Å². The number of ketones is 1. The SMILES string of the molecule is O=C(CN(C(=O)c1ccccc1C#CC(O)c1cccc(Br)c1)c1ccccc1)c1ccccc1. The minimum absolute atomic E-state index is 0.116. The predicted octanol–water partition coefficient (Wildman–Crippen LogP) is 6.06. The molecule has 0 bridgehead atoms. The summed E-state index contributed by atoms with van der Waals surface area (Å²) in [5.74, 6) is 5.27. The molecule has 4 aromatic carbocycles. The van der Waals surface area contributed by atoms with Crippen molar-refractivity contribution in [1.29, 1.82) is 0 Å². The average molecular weight is 524 g/mol. The highest BCUT2D eigenvalue weighted by molar-refractivity contribution is 9.10. The molecule has 0 saturated carbocycles. The third kappa shape index (κ3) is 6.13. The molecule has 0 fully saturated rings. The second kappa shape index (κ2) is 11.4. The third-order valence-electron chi connectivity index (χ3n) is 5.38. The zero-order valence-electron chi connectivity index (χ0n) is 18.8. The number of benzene rings is 4. The van der Waals surface area contributed by atoms with Crippen LogP contribution in [0.4, 0.5) is 5.69 Å². The van der Waals surface area contributed by atoms with Crippen LogP contribution in [0, 0.1) is 11.8 Å². The minimum Gasteiger partial charge on any atom is -0.376 e. The van der Waals surface area contributed by atoms with E-state index >= 15 is 0 Å². The molecule has 4 aromatic rings. The Kier molecular flexibility index (Phi) is 7.89. The smallest absolute Gasteiger partial charge is 0.259 e. The number of nitrogens with zero attached hydrogens (tertiary/aromatic N) is 1. The van der Waals surface area contributed by atoms with Crippen molar-refractivity contribution in [3.8, 4) is 11.8 Å². The Bertz CT molecular complexity index is 1390. The van der Waals surface area contributed by atoms with Gasteiger partial charge in [0, 0.05) is 21.3 Å². The topological polar surface area (TPSA) is 57.6 Å². The van der Waals surface area contributed by atoms with E-state index in [1.54, 1.807) is 72.8 Å². The Morgan fingerprint density at radius 1 is 0.829 bits per heavy atom. The molecule has 0 heterocycles. The number of hydrogen-bond acceptors (Lipinski definition) is 3. The van der Waals surface area contributed by atoms with Crippen molar-refractivity contribution in [2.75, 3.05) is 11.4 Å². The first-order valence-corrected chi connectivity index (χ1v) is 11.8. The average Bonchev–Trinajstić information content (AvgIpc) is 2.91. The number of amides is 1. The van der Waals surface area contributed by atoms with Crippen LogP contribution in [-0.2, 0) is 0 Å². The van der Waals surface area contributed by atoms with Crippen LogP contribution in [-0.4, -0.2) is 23.3 Å². The molecule has 4 rings (SSSR count). The van der Waals surface area contributed by atoms with Crippen LogP contribution in [0.2, 0.25) is 0 Å². The lowest BCUT2D eigenvalue weighted by Gasteiger charge is -2.23. The summed E-state index contributed by atoms with van der Waals surface area (Å²) in [5.41, 5.74) is 2.62. The maximum absolute atomic E-state index is 13.7. The van der Waals surface area contributed by atoms with E-state index in [1.165, 1.54) is 4.90 Å². The van der Waals surface area contributed by atoms with Crippen LogP contribution in [0.1, 0.15) is 37.9 Å². The Morgan fingerprint density at radius 3 is 2.20 bits per heavy atom. The molecule has 1 amide bonds. The fourth-order valence-corrected chi connectivity index (χ4v) is 3.99. The highest BCUT2D eigenvalue weighted by Gasteiger charge is 2.23. The molecular formula is C30H22BrNO3. The fraction of sp³-hybridized carbons (Fsp3) is 0.0667. The Hall–Kier alpha value is -3.98. The highest BCUT2D eigenvalue weighted by atomic mass is 79.9. The summed E-state index contributed by atoms with van der Waals surface area (Å²) in [5, 5.41) is 10.5. The number of hydrogen-bond donors (Lipinski definition) is 1. The maximum Gasteiger partial charge on any atom is 0.259 e. The molecule has 0 aromatic heterocycles. The van der Waals surface area contributed by atoms with Gasteiger partial charge < -0.3 is 10.0 Å². The van der Waals surface area contributed by atoms with E-state index in [4.69, 9.17) is 0 Å². The first kappa shape index (κ1) is 24.2. The molecule has 0 aliphatic heterocycles. The third-order valence-corrected chi connectivity index (χ3v) is 5.87. The van der Waals surface area contributed by atoms with Gasteiger partial charge in [0.25, 0.3) is 5.91 Å². The number of Topliss-reactive ketones (excluding diaryl/α,β-unsaturated/α-hetero) is 1. The lowest BCUT2D eigenvalue weighted by atomic mass is 10.0. The molecule has 1 atom stereocenters. The summed E-state index contributed by atoms with van der Waals surface area (Å²) in [6, 6.07) is 32.2. The first-order chi connectivity index (χ1) is 17.0. The van der Waals surface area contributed by atoms with Crippen LogP contribution >= 0.6 is 15.9 Å². The number of rotatable bonds is 6. The number of aliphatic hydroxyl groups excluding tert-OH is 1. The fourth-order valence-electron chi connectivity index (χ4n) is 3.58. The van der Waals surface area contributed by atoms with Crippen molar-refractivity contribution in [2.45, 2.75) is 6.10 Å². The molecule has 35 heavy (non-hydrogen) atoms. The van der Waals surface area contributed by atoms with Gasteiger partial charge in [-0.2, -0.15) is 0 Å². The summed E-state index contributed by atoms with van der Waals surface area (Å²) in [6.45, 7) is -0.116. The number of carbonyl (C=O) groups is 2. The number of aliphatic hydroxyl groups is 1. The normalized spacial score (nSPS) is 11.1. The zero-order chi connectivity index (χ0) is 24.6. The van der Waals surface area contributed by atoms with Crippen molar-refractivity contribution in [3.63, 3.8) is 0 Å². The van der Waals surface area contributed by atoms with Gasteiger partial charge in [-0.3, -0.25) is 9.59 Å². The van der Waals surface area contributed by atoms with Gasteiger partial charge in [0.15, 0.2) is 5.78 Å². The monoisotopic (exact) mass is 523 g/mol. The summed E-state index contributed by atoms with van der Waals surface area (Å²) >= 11 is 3.39. The quantitative estimate of drug-likeness (QED) is 0.246. The van der Waals surface area contributed by atoms with E-state index in [0.29, 0.717) is 27.9 Å². The summed E-state index contributed by atoms with van der Waals surface area (Å²) < 4.78 is 0.841. The summed E-state index contributed by atoms with van der Waals surface area (Å²) in [6.07, 6.45) is -1.01. The van der Waals surface area contributed by atoms with Gasteiger partial charge in [0.2, 0.25) is 0 Å². The van der Waals surface area contributed by atoms with E-state index in [0.717, 1.165) is 4.47 Å². The zero-order valence-corrected chi connectivity index (χ0v) is 20.4. The summed E-state index contributed by atoms with van der Waals surface area (Å²) in [7, 11) is 0. The van der Waals surface area contributed by atoms with E-state index < -0.39 is 6.10 Å². The van der Waals surface area contributed by atoms with E-state index in [2.05, 4.69) is 27.8 Å². The first-order valence-electron chi connectivity index (χ1n) is 11.0. The van der Waals surface area contributed by atoms with Gasteiger partial charge in [-0.1, -0.05) is 101 Å². The molecular weight excluding hydrogens is 502 g/mol. The van der Waals surface area contributed by atoms with Gasteiger partial charge in [0.1, 0.15) is 6.10 Å². The van der Waals surface area contributed by atoms with E-state index in [9.17, 15) is 14.7 Å². The van der Waals surface area contributed by atoms with Crippen LogP contribution in [0.3, 0.4) is 0 Å². The molecule has 172 valence electrons. The molecule has 0 aliphatic carbocycles. The molecule has 0 spiro atoms. The van der Waals surface area contributed by atoms with Gasteiger partial charge >= 0.3 is 0 Å². The van der Waals surface area contributed by atoms with E-state index in [-0.39, 0.29) is 18.2 Å². The molecule has 0 aliphatic rings. The van der Waals surface area contributed by atoms with Gasteiger partial charge in [-0.05, 0) is 42.0 Å². The maximum atomic E-state index is 13.7. The van der Waals surface area contributed by atoms with Gasteiger partial charge in [-0.25, -0.2) is 0 Å². The van der Waals surface area contributed by atoms with Gasteiger partial charge in [-0.15, -0.1) is 0 Å². The number of carbonyl (C=O) groups excluding carboxylic acids is 2. The highest BCUT2D eigenvalue weighted by Crippen LogP contribution is 2.21. The molecule has 0 saturated heterocycles. The molecule has 5 heteroatoms.